The van der Waals surface area contributed by atoms with Crippen molar-refractivity contribution in [1.82, 2.24) is 4.90 Å². The maximum Gasteiger partial charge on any atom is 0.326 e. The molecule has 25 heavy (non-hydrogen) atoms. The topological polar surface area (TPSA) is 57.6 Å². The molecule has 0 saturated carbocycles. The molecule has 4 nitrogen and oxygen atoms in total. The van der Waals surface area contributed by atoms with Gasteiger partial charge >= 0.3 is 5.97 Å². The molecule has 6 heteroatoms. The van der Waals surface area contributed by atoms with Gasteiger partial charge in [-0.15, -0.1) is 0 Å². The van der Waals surface area contributed by atoms with Crippen molar-refractivity contribution in [1.29, 1.82) is 0 Å². The maximum absolute atomic E-state index is 12.7. The van der Waals surface area contributed by atoms with Gasteiger partial charge < -0.3 is 5.11 Å². The zero-order valence-electron chi connectivity index (χ0n) is 14.3. The average Bonchev–Trinajstić information content (AvgIpc) is 2.83. The molecular formula is C19H21NO3S2. The van der Waals surface area contributed by atoms with Gasteiger partial charge in [-0.25, -0.2) is 4.79 Å². The van der Waals surface area contributed by atoms with Crippen molar-refractivity contribution in [2.24, 2.45) is 0 Å². The fourth-order valence-corrected chi connectivity index (χ4v) is 3.98. The van der Waals surface area contributed by atoms with E-state index in [2.05, 4.69) is 0 Å². The highest BCUT2D eigenvalue weighted by Gasteiger charge is 2.39. The Labute approximate surface area is 157 Å². The number of thioether (sulfide) groups is 1. The van der Waals surface area contributed by atoms with E-state index in [1.165, 1.54) is 4.90 Å². The fourth-order valence-electron chi connectivity index (χ4n) is 2.57. The van der Waals surface area contributed by atoms with Gasteiger partial charge in [0.1, 0.15) is 10.4 Å². The van der Waals surface area contributed by atoms with Gasteiger partial charge in [0.2, 0.25) is 0 Å². The Morgan fingerprint density at radius 2 is 2.04 bits per heavy atom. The molecule has 0 aromatic heterocycles. The smallest absolute Gasteiger partial charge is 0.326 e. The second-order valence-corrected chi connectivity index (χ2v) is 7.52. The summed E-state index contributed by atoms with van der Waals surface area (Å²) in [5.41, 5.74) is 1.95. The molecule has 1 amide bonds. The van der Waals surface area contributed by atoms with Crippen LogP contribution in [0.1, 0.15) is 38.7 Å². The first-order chi connectivity index (χ1) is 11.9. The number of aliphatic carboxylic acids is 1. The predicted octanol–water partition coefficient (Wildman–Crippen LogP) is 4.48. The van der Waals surface area contributed by atoms with Gasteiger partial charge in [0.15, 0.2) is 0 Å². The van der Waals surface area contributed by atoms with Crippen LogP contribution in [-0.4, -0.2) is 32.2 Å². The van der Waals surface area contributed by atoms with Gasteiger partial charge in [-0.2, -0.15) is 0 Å². The number of carboxylic acid groups (broad SMARTS) is 1. The van der Waals surface area contributed by atoms with Gasteiger partial charge in [0, 0.05) is 0 Å². The zero-order valence-corrected chi connectivity index (χ0v) is 15.9. The number of carboxylic acids is 1. The van der Waals surface area contributed by atoms with Gasteiger partial charge in [0.05, 0.1) is 4.91 Å². The van der Waals surface area contributed by atoms with E-state index in [0.29, 0.717) is 15.6 Å². The molecule has 1 N–H and O–H groups in total. The van der Waals surface area contributed by atoms with Crippen LogP contribution in [0.15, 0.2) is 46.9 Å². The summed E-state index contributed by atoms with van der Waals surface area (Å²) in [6.07, 6.45) is 5.75. The van der Waals surface area contributed by atoms with Crippen LogP contribution in [0, 0.1) is 0 Å². The molecule has 0 radical (unpaired) electrons. The number of unbranched alkanes of at least 4 members (excludes halogenated alkanes) is 1. The minimum absolute atomic E-state index is 0.312. The van der Waals surface area contributed by atoms with Crippen LogP contribution in [0.3, 0.4) is 0 Å². The average molecular weight is 376 g/mol. The van der Waals surface area contributed by atoms with Crippen molar-refractivity contribution < 1.29 is 14.7 Å². The molecule has 0 aliphatic carbocycles. The van der Waals surface area contributed by atoms with Crippen LogP contribution in [0.4, 0.5) is 0 Å². The summed E-state index contributed by atoms with van der Waals surface area (Å²) in [5.74, 6) is -1.33. The van der Waals surface area contributed by atoms with Gasteiger partial charge in [-0.3, -0.25) is 9.69 Å². The number of carbonyl (C=O) groups excluding carboxylic acids is 1. The Morgan fingerprint density at radius 3 is 2.64 bits per heavy atom. The molecule has 1 fully saturated rings. The Bertz CT molecular complexity index is 725. The molecule has 0 unspecified atom stereocenters. The van der Waals surface area contributed by atoms with Crippen molar-refractivity contribution in [2.75, 3.05) is 0 Å². The number of hydrogen-bond donors (Lipinski definition) is 1. The number of nitrogens with zero attached hydrogens (tertiary/aromatic N) is 1. The van der Waals surface area contributed by atoms with Crippen LogP contribution in [0.5, 0.6) is 0 Å². The lowest BCUT2D eigenvalue weighted by Gasteiger charge is -2.22. The molecular weight excluding hydrogens is 354 g/mol. The lowest BCUT2D eigenvalue weighted by Crippen LogP contribution is -2.43. The maximum atomic E-state index is 12.7. The van der Waals surface area contributed by atoms with E-state index in [9.17, 15) is 14.7 Å². The summed E-state index contributed by atoms with van der Waals surface area (Å²) in [6.45, 7) is 3.90. The van der Waals surface area contributed by atoms with Crippen LogP contribution < -0.4 is 0 Å². The van der Waals surface area contributed by atoms with Crippen LogP contribution >= 0.6 is 24.0 Å². The summed E-state index contributed by atoms with van der Waals surface area (Å²) in [7, 11) is 0. The molecule has 1 atom stereocenters. The molecule has 1 saturated heterocycles. The largest absolute Gasteiger partial charge is 0.480 e. The summed E-state index contributed by atoms with van der Waals surface area (Å²) in [4.78, 5) is 26.0. The predicted molar refractivity (Wildman–Crippen MR) is 106 cm³/mol. The second kappa shape index (κ2) is 8.97. The van der Waals surface area contributed by atoms with Crippen LogP contribution in [0.2, 0.25) is 0 Å². The van der Waals surface area contributed by atoms with E-state index in [0.717, 1.165) is 35.7 Å². The number of carbonyl (C=O) groups is 2. The second-order valence-electron chi connectivity index (χ2n) is 5.85. The Kier molecular flexibility index (Phi) is 6.96. The molecule has 1 aromatic rings. The highest BCUT2D eigenvalue weighted by molar-refractivity contribution is 8.26. The highest BCUT2D eigenvalue weighted by Crippen LogP contribution is 2.34. The minimum atomic E-state index is -1.01. The Hall–Kier alpha value is -1.92. The number of amides is 1. The molecule has 1 heterocycles. The van der Waals surface area contributed by atoms with E-state index in [1.807, 2.05) is 50.3 Å². The monoisotopic (exact) mass is 375 g/mol. The van der Waals surface area contributed by atoms with Crippen molar-refractivity contribution in [3.8, 4) is 0 Å². The fraction of sp³-hybridized carbons (Fsp3) is 0.316. The van der Waals surface area contributed by atoms with Crippen LogP contribution in [-0.2, 0) is 9.59 Å². The zero-order chi connectivity index (χ0) is 18.4. The third-order valence-corrected chi connectivity index (χ3v) is 5.13. The molecule has 0 spiro atoms. The quantitative estimate of drug-likeness (QED) is 0.562. The number of hydrogen-bond acceptors (Lipinski definition) is 4. The van der Waals surface area contributed by atoms with Crippen molar-refractivity contribution >= 4 is 46.3 Å². The molecule has 2 rings (SSSR count). The summed E-state index contributed by atoms with van der Waals surface area (Å²) >= 11 is 6.43. The van der Waals surface area contributed by atoms with E-state index in [-0.39, 0.29) is 5.91 Å². The highest BCUT2D eigenvalue weighted by atomic mass is 32.2. The lowest BCUT2D eigenvalue weighted by atomic mass is 10.1. The van der Waals surface area contributed by atoms with E-state index >= 15 is 0 Å². The van der Waals surface area contributed by atoms with Gasteiger partial charge in [-0.1, -0.05) is 80.2 Å². The van der Waals surface area contributed by atoms with E-state index in [1.54, 1.807) is 6.08 Å². The molecule has 132 valence electrons. The van der Waals surface area contributed by atoms with Gasteiger partial charge in [-0.05, 0) is 30.6 Å². The van der Waals surface area contributed by atoms with Crippen molar-refractivity contribution in [3.05, 3.63) is 52.4 Å². The Morgan fingerprint density at radius 1 is 1.36 bits per heavy atom. The number of benzene rings is 1. The third kappa shape index (κ3) is 5.03. The number of thiocarbonyl (C=S) groups is 1. The van der Waals surface area contributed by atoms with Gasteiger partial charge in [0.25, 0.3) is 5.91 Å². The lowest BCUT2D eigenvalue weighted by molar-refractivity contribution is -0.145. The molecule has 1 aromatic carbocycles. The van der Waals surface area contributed by atoms with Crippen molar-refractivity contribution in [3.63, 3.8) is 0 Å². The minimum Gasteiger partial charge on any atom is -0.480 e. The molecule has 1 aliphatic heterocycles. The standard InChI is InChI=1S/C19H21NO3S2/c1-3-4-10-15(18(22)23)20-17(21)16(25-19(20)24)12-13(2)11-14-8-6-5-7-9-14/h5-9,11-12,15H,3-4,10H2,1-2H3,(H,22,23)/b13-11+,16-12-/t15-/m0/s1. The SMILES string of the molecule is CCCC[C@@H](C(=O)O)N1C(=O)/C(=C/C(C)=C/c2ccccc2)SC1=S. The summed E-state index contributed by atoms with van der Waals surface area (Å²) < 4.78 is 0.312. The Balaban J connectivity index is 2.22. The van der Waals surface area contributed by atoms with Crippen molar-refractivity contribution in [2.45, 2.75) is 39.2 Å². The third-order valence-electron chi connectivity index (χ3n) is 3.80. The van der Waals surface area contributed by atoms with Crippen LogP contribution in [0.25, 0.3) is 6.08 Å². The summed E-state index contributed by atoms with van der Waals surface area (Å²) in [6, 6.07) is 8.91. The normalized spacial score (nSPS) is 18.1. The number of allylic oxidation sites excluding steroid dienone is 2. The first kappa shape index (κ1) is 19.4. The number of rotatable bonds is 7. The van der Waals surface area contributed by atoms with E-state index < -0.39 is 12.0 Å². The summed E-state index contributed by atoms with van der Waals surface area (Å²) in [5, 5.41) is 9.47. The first-order valence-corrected chi connectivity index (χ1v) is 9.39. The van der Waals surface area contributed by atoms with E-state index in [4.69, 9.17) is 12.2 Å². The molecule has 0 bridgehead atoms. The first-order valence-electron chi connectivity index (χ1n) is 8.17. The molecule has 1 aliphatic rings.